The molecule has 0 saturated carbocycles. The number of para-hydroxylation sites is 2. The summed E-state index contributed by atoms with van der Waals surface area (Å²) in [5.74, 6) is 0. The standard InChI is InChI=1S/C28H27BN2/c1-20-15-16-26-27(19-20)31(25-13-9-6-10-14-25)29(30(26)24-11-7-5-8-12-24)28-22(3)17-21(2)18-23(28)4/h5-19H,1-4H3. The Balaban J connectivity index is 1.83. The van der Waals surface area contributed by atoms with Crippen LogP contribution < -0.4 is 15.1 Å². The van der Waals surface area contributed by atoms with Gasteiger partial charge in [0.25, 0.3) is 0 Å². The van der Waals surface area contributed by atoms with Crippen molar-refractivity contribution in [2.45, 2.75) is 27.7 Å². The van der Waals surface area contributed by atoms with Crippen LogP contribution in [0.1, 0.15) is 22.3 Å². The van der Waals surface area contributed by atoms with E-state index in [-0.39, 0.29) is 6.98 Å². The number of rotatable bonds is 3. The van der Waals surface area contributed by atoms with Crippen LogP contribution in [0.5, 0.6) is 0 Å². The minimum Gasteiger partial charge on any atom is -0.360 e. The summed E-state index contributed by atoms with van der Waals surface area (Å²) in [7, 11) is 0. The second-order valence-corrected chi connectivity index (χ2v) is 8.59. The molecular formula is C28H27BN2. The van der Waals surface area contributed by atoms with Crippen molar-refractivity contribution in [1.29, 1.82) is 0 Å². The van der Waals surface area contributed by atoms with Crippen LogP contribution in [-0.2, 0) is 0 Å². The summed E-state index contributed by atoms with van der Waals surface area (Å²) in [4.78, 5) is 4.99. The van der Waals surface area contributed by atoms with Crippen LogP contribution >= 0.6 is 0 Å². The van der Waals surface area contributed by atoms with Gasteiger partial charge in [-0.05, 0) is 75.1 Å². The SMILES string of the molecule is Cc1cc(C)c(B2N(c3ccccc3)c3ccc(C)cc3N2c2ccccc2)c(C)c1. The van der Waals surface area contributed by atoms with Crippen LogP contribution in [0.15, 0.2) is 91.0 Å². The van der Waals surface area contributed by atoms with Gasteiger partial charge in [0.1, 0.15) is 0 Å². The molecule has 152 valence electrons. The number of benzene rings is 4. The molecule has 3 heteroatoms. The second-order valence-electron chi connectivity index (χ2n) is 8.59. The summed E-state index contributed by atoms with van der Waals surface area (Å²) in [6, 6.07) is 33.0. The Bertz CT molecular complexity index is 1210. The molecule has 0 bridgehead atoms. The van der Waals surface area contributed by atoms with Gasteiger partial charge in [-0.1, -0.05) is 71.3 Å². The molecule has 0 unspecified atom stereocenters. The van der Waals surface area contributed by atoms with Crippen molar-refractivity contribution in [3.63, 3.8) is 0 Å². The van der Waals surface area contributed by atoms with E-state index < -0.39 is 0 Å². The van der Waals surface area contributed by atoms with Gasteiger partial charge in [0.2, 0.25) is 0 Å². The Morgan fingerprint density at radius 1 is 0.516 bits per heavy atom. The van der Waals surface area contributed by atoms with Gasteiger partial charge in [0.15, 0.2) is 0 Å². The fraction of sp³-hybridized carbons (Fsp3) is 0.143. The van der Waals surface area contributed by atoms with Crippen molar-refractivity contribution in [3.05, 3.63) is 113 Å². The van der Waals surface area contributed by atoms with E-state index >= 15 is 0 Å². The minimum atomic E-state index is 0.0437. The molecular weight excluding hydrogens is 375 g/mol. The lowest BCUT2D eigenvalue weighted by molar-refractivity contribution is 1.32. The normalized spacial score (nSPS) is 13.0. The summed E-state index contributed by atoms with van der Waals surface area (Å²) in [6.45, 7) is 8.89. The lowest BCUT2D eigenvalue weighted by atomic mass is 9.61. The Morgan fingerprint density at radius 3 is 1.58 bits per heavy atom. The van der Waals surface area contributed by atoms with Gasteiger partial charge in [-0.25, -0.2) is 0 Å². The molecule has 2 nitrogen and oxygen atoms in total. The van der Waals surface area contributed by atoms with Gasteiger partial charge in [-0.2, -0.15) is 0 Å². The predicted molar refractivity (Wildman–Crippen MR) is 134 cm³/mol. The van der Waals surface area contributed by atoms with E-state index in [1.165, 1.54) is 50.5 Å². The average molecular weight is 402 g/mol. The van der Waals surface area contributed by atoms with E-state index in [9.17, 15) is 0 Å². The molecule has 0 fully saturated rings. The molecule has 31 heavy (non-hydrogen) atoms. The van der Waals surface area contributed by atoms with Crippen molar-refractivity contribution in [2.24, 2.45) is 0 Å². The molecule has 0 N–H and O–H groups in total. The highest BCUT2D eigenvalue weighted by Crippen LogP contribution is 2.46. The first-order valence-corrected chi connectivity index (χ1v) is 10.9. The fourth-order valence-corrected chi connectivity index (χ4v) is 5.00. The second kappa shape index (κ2) is 7.66. The molecule has 0 radical (unpaired) electrons. The summed E-state index contributed by atoms with van der Waals surface area (Å²) < 4.78 is 0. The molecule has 0 saturated heterocycles. The van der Waals surface area contributed by atoms with Crippen LogP contribution in [0.25, 0.3) is 0 Å². The van der Waals surface area contributed by atoms with Crippen molar-refractivity contribution in [1.82, 2.24) is 0 Å². The molecule has 1 aliphatic heterocycles. The maximum absolute atomic E-state index is 2.50. The fourth-order valence-electron chi connectivity index (χ4n) is 5.00. The van der Waals surface area contributed by atoms with Crippen LogP contribution in [0, 0.1) is 27.7 Å². The Kier molecular flexibility index (Phi) is 4.82. The number of hydrogen-bond acceptors (Lipinski definition) is 2. The quantitative estimate of drug-likeness (QED) is 0.356. The summed E-state index contributed by atoms with van der Waals surface area (Å²) in [5, 5.41) is 0. The average Bonchev–Trinajstić information content (AvgIpc) is 3.08. The van der Waals surface area contributed by atoms with Crippen LogP contribution in [-0.4, -0.2) is 6.98 Å². The maximum atomic E-state index is 2.50. The molecule has 0 spiro atoms. The van der Waals surface area contributed by atoms with Crippen molar-refractivity contribution in [2.75, 3.05) is 9.62 Å². The molecule has 0 amide bonds. The summed E-state index contributed by atoms with van der Waals surface area (Å²) in [6.07, 6.45) is 0. The number of fused-ring (bicyclic) bond motifs is 1. The van der Waals surface area contributed by atoms with Crippen LogP contribution in [0.4, 0.5) is 22.7 Å². The summed E-state index contributed by atoms with van der Waals surface area (Å²) in [5.41, 5.74) is 11.5. The number of aryl methyl sites for hydroxylation is 4. The monoisotopic (exact) mass is 402 g/mol. The van der Waals surface area contributed by atoms with E-state index in [0.29, 0.717) is 0 Å². The third-order valence-corrected chi connectivity index (χ3v) is 6.20. The maximum Gasteiger partial charge on any atom is 0.421 e. The molecule has 4 aromatic carbocycles. The zero-order valence-corrected chi connectivity index (χ0v) is 18.6. The molecule has 0 aromatic heterocycles. The molecule has 0 aliphatic carbocycles. The van der Waals surface area contributed by atoms with Gasteiger partial charge in [0.05, 0.1) is 11.4 Å². The molecule has 4 aromatic rings. The lowest BCUT2D eigenvalue weighted by Gasteiger charge is -2.32. The molecule has 1 heterocycles. The zero-order valence-electron chi connectivity index (χ0n) is 18.6. The topological polar surface area (TPSA) is 6.48 Å². The van der Waals surface area contributed by atoms with Crippen LogP contribution in [0.2, 0.25) is 0 Å². The van der Waals surface area contributed by atoms with Crippen molar-refractivity contribution < 1.29 is 0 Å². The van der Waals surface area contributed by atoms with Gasteiger partial charge in [-0.15, -0.1) is 0 Å². The van der Waals surface area contributed by atoms with E-state index in [0.717, 1.165) is 0 Å². The Hall–Kier alpha value is -3.46. The third-order valence-electron chi connectivity index (χ3n) is 6.20. The highest BCUT2D eigenvalue weighted by molar-refractivity contribution is 6.85. The first kappa shape index (κ1) is 19.5. The molecule has 0 atom stereocenters. The predicted octanol–water partition coefficient (Wildman–Crippen LogP) is 6.61. The van der Waals surface area contributed by atoms with E-state index in [1.807, 2.05) is 0 Å². The first-order valence-electron chi connectivity index (χ1n) is 10.9. The van der Waals surface area contributed by atoms with Crippen molar-refractivity contribution >= 4 is 35.2 Å². The van der Waals surface area contributed by atoms with Gasteiger partial charge in [-0.3, -0.25) is 0 Å². The largest absolute Gasteiger partial charge is 0.421 e. The van der Waals surface area contributed by atoms with Crippen molar-refractivity contribution in [3.8, 4) is 0 Å². The van der Waals surface area contributed by atoms with E-state index in [1.54, 1.807) is 0 Å². The first-order chi connectivity index (χ1) is 15.0. The van der Waals surface area contributed by atoms with Gasteiger partial charge < -0.3 is 9.62 Å². The lowest BCUT2D eigenvalue weighted by Crippen LogP contribution is -2.55. The smallest absolute Gasteiger partial charge is 0.360 e. The minimum absolute atomic E-state index is 0.0437. The van der Waals surface area contributed by atoms with Gasteiger partial charge >= 0.3 is 6.98 Å². The highest BCUT2D eigenvalue weighted by Gasteiger charge is 2.44. The number of hydrogen-bond donors (Lipinski definition) is 0. The number of anilines is 4. The highest BCUT2D eigenvalue weighted by atomic mass is 15.3. The van der Waals surface area contributed by atoms with Crippen LogP contribution in [0.3, 0.4) is 0 Å². The van der Waals surface area contributed by atoms with E-state index in [2.05, 4.69) is 128 Å². The zero-order chi connectivity index (χ0) is 21.5. The molecule has 1 aliphatic rings. The molecule has 5 rings (SSSR count). The number of nitrogens with zero attached hydrogens (tertiary/aromatic N) is 2. The van der Waals surface area contributed by atoms with E-state index in [4.69, 9.17) is 0 Å². The Morgan fingerprint density at radius 2 is 1.03 bits per heavy atom. The van der Waals surface area contributed by atoms with Gasteiger partial charge in [0, 0.05) is 11.4 Å². The third kappa shape index (κ3) is 3.31. The Labute approximate surface area is 185 Å². The summed E-state index contributed by atoms with van der Waals surface area (Å²) >= 11 is 0.